The van der Waals surface area contributed by atoms with Gasteiger partial charge in [-0.25, -0.2) is 0 Å². The minimum Gasteiger partial charge on any atom is -0.390 e. The summed E-state index contributed by atoms with van der Waals surface area (Å²) in [4.78, 5) is 2.53. The van der Waals surface area contributed by atoms with Gasteiger partial charge >= 0.3 is 0 Å². The lowest BCUT2D eigenvalue weighted by Crippen LogP contribution is -2.60. The second-order valence-corrected chi connectivity index (χ2v) is 4.75. The lowest BCUT2D eigenvalue weighted by atomic mass is 9.89. The highest BCUT2D eigenvalue weighted by Crippen LogP contribution is 2.40. The number of likely N-dealkylation sites (tertiary alicyclic amines) is 1. The third kappa shape index (κ3) is 1.47. The van der Waals surface area contributed by atoms with E-state index in [-0.39, 0.29) is 18.5 Å². The maximum absolute atomic E-state index is 9.74. The van der Waals surface area contributed by atoms with Crippen molar-refractivity contribution in [3.05, 3.63) is 0 Å². The fraction of sp³-hybridized carbons (Fsp3) is 1.00. The number of β-amino-alcohol motifs (C(OH)–C–C–N with tert-alkyl or cyclic N) is 1. The number of hydrogen-bond acceptors (Lipinski definition) is 3. The van der Waals surface area contributed by atoms with E-state index in [1.165, 1.54) is 25.8 Å². The molecule has 1 saturated carbocycles. The summed E-state index contributed by atoms with van der Waals surface area (Å²) >= 11 is 0. The van der Waals surface area contributed by atoms with Gasteiger partial charge in [-0.2, -0.15) is 0 Å². The Bertz CT molecular complexity index is 214. The van der Waals surface area contributed by atoms with Crippen LogP contribution >= 0.6 is 12.4 Å². The van der Waals surface area contributed by atoms with Crippen molar-refractivity contribution >= 4 is 12.4 Å². The Labute approximate surface area is 91.3 Å². The summed E-state index contributed by atoms with van der Waals surface area (Å²) in [7, 11) is 0. The van der Waals surface area contributed by atoms with Crippen molar-refractivity contribution in [1.82, 2.24) is 10.2 Å². The molecule has 3 nitrogen and oxygen atoms in total. The van der Waals surface area contributed by atoms with E-state index in [9.17, 15) is 5.11 Å². The molecule has 82 valence electrons. The summed E-state index contributed by atoms with van der Waals surface area (Å²) < 4.78 is 0. The lowest BCUT2D eigenvalue weighted by molar-refractivity contribution is -0.0345. The van der Waals surface area contributed by atoms with Gasteiger partial charge in [0.25, 0.3) is 0 Å². The van der Waals surface area contributed by atoms with E-state index in [2.05, 4.69) is 10.2 Å². The molecule has 1 aliphatic carbocycles. The Balaban J connectivity index is 0.000000750. The van der Waals surface area contributed by atoms with Crippen molar-refractivity contribution < 1.29 is 5.11 Å². The second kappa shape index (κ2) is 3.97. The molecular formula is C10H19ClN2O. The van der Waals surface area contributed by atoms with Crippen LogP contribution in [0.25, 0.3) is 0 Å². The molecule has 4 atom stereocenters. The van der Waals surface area contributed by atoms with Crippen LogP contribution < -0.4 is 5.32 Å². The molecule has 2 saturated heterocycles. The molecule has 0 radical (unpaired) electrons. The van der Waals surface area contributed by atoms with Gasteiger partial charge in [0, 0.05) is 31.7 Å². The van der Waals surface area contributed by atoms with Gasteiger partial charge in [0.1, 0.15) is 0 Å². The zero-order valence-electron chi connectivity index (χ0n) is 8.35. The summed E-state index contributed by atoms with van der Waals surface area (Å²) in [5.74, 6) is 0.966. The standard InChI is InChI=1S/C10H18N2O.ClH/c13-10-5-11-4-9(10)12-6-7-2-1-3-8(7)12;/h7-11,13H,1-6H2;1H/t7?,8?,9-,10-;/m1./s1. The Morgan fingerprint density at radius 2 is 2.00 bits per heavy atom. The third-order valence-electron chi connectivity index (χ3n) is 4.07. The zero-order chi connectivity index (χ0) is 8.84. The fourth-order valence-electron chi connectivity index (χ4n) is 3.31. The molecule has 2 unspecified atom stereocenters. The lowest BCUT2D eigenvalue weighted by Gasteiger charge is -2.48. The van der Waals surface area contributed by atoms with Gasteiger partial charge in [-0.15, -0.1) is 12.4 Å². The summed E-state index contributed by atoms with van der Waals surface area (Å²) in [5.41, 5.74) is 0. The van der Waals surface area contributed by atoms with Crippen LogP contribution in [-0.4, -0.2) is 47.8 Å². The second-order valence-electron chi connectivity index (χ2n) is 4.75. The van der Waals surface area contributed by atoms with E-state index in [1.807, 2.05) is 0 Å². The normalized spacial score (nSPS) is 46.9. The number of rotatable bonds is 1. The van der Waals surface area contributed by atoms with Gasteiger partial charge in [-0.3, -0.25) is 4.90 Å². The fourth-order valence-corrected chi connectivity index (χ4v) is 3.31. The van der Waals surface area contributed by atoms with Crippen LogP contribution in [-0.2, 0) is 0 Å². The van der Waals surface area contributed by atoms with Gasteiger partial charge < -0.3 is 10.4 Å². The topological polar surface area (TPSA) is 35.5 Å². The van der Waals surface area contributed by atoms with Gasteiger partial charge in [-0.1, -0.05) is 6.42 Å². The summed E-state index contributed by atoms with van der Waals surface area (Å²) in [5, 5.41) is 13.0. The van der Waals surface area contributed by atoms with E-state index in [1.54, 1.807) is 0 Å². The average molecular weight is 219 g/mol. The molecule has 0 aromatic carbocycles. The number of hydrogen-bond donors (Lipinski definition) is 2. The smallest absolute Gasteiger partial charge is 0.0831 e. The van der Waals surface area contributed by atoms with Crippen molar-refractivity contribution in [3.8, 4) is 0 Å². The van der Waals surface area contributed by atoms with E-state index < -0.39 is 0 Å². The molecule has 2 heterocycles. The van der Waals surface area contributed by atoms with Crippen molar-refractivity contribution in [2.75, 3.05) is 19.6 Å². The Morgan fingerprint density at radius 3 is 2.64 bits per heavy atom. The molecule has 0 aromatic heterocycles. The van der Waals surface area contributed by atoms with Crippen LogP contribution in [0.4, 0.5) is 0 Å². The van der Waals surface area contributed by atoms with E-state index >= 15 is 0 Å². The van der Waals surface area contributed by atoms with Gasteiger partial charge in [-0.05, 0) is 18.8 Å². The van der Waals surface area contributed by atoms with Gasteiger partial charge in [0.05, 0.1) is 6.10 Å². The molecule has 4 heteroatoms. The molecule has 0 aromatic rings. The van der Waals surface area contributed by atoms with Crippen LogP contribution in [0.2, 0.25) is 0 Å². The monoisotopic (exact) mass is 218 g/mol. The molecule has 0 amide bonds. The van der Waals surface area contributed by atoms with E-state index in [0.29, 0.717) is 6.04 Å². The number of nitrogens with zero attached hydrogens (tertiary/aromatic N) is 1. The minimum atomic E-state index is -0.124. The van der Waals surface area contributed by atoms with E-state index in [0.717, 1.165) is 25.0 Å². The van der Waals surface area contributed by atoms with Crippen LogP contribution in [0.15, 0.2) is 0 Å². The first-order chi connectivity index (χ1) is 6.36. The predicted octanol–water partition coefficient (Wildman–Crippen LogP) is 0.225. The third-order valence-corrected chi connectivity index (χ3v) is 4.07. The highest BCUT2D eigenvalue weighted by molar-refractivity contribution is 5.85. The van der Waals surface area contributed by atoms with Crippen LogP contribution in [0.1, 0.15) is 19.3 Å². The highest BCUT2D eigenvalue weighted by atomic mass is 35.5. The summed E-state index contributed by atoms with van der Waals surface area (Å²) in [6.45, 7) is 3.02. The molecule has 14 heavy (non-hydrogen) atoms. The average Bonchev–Trinajstić information content (AvgIpc) is 2.62. The van der Waals surface area contributed by atoms with Crippen molar-refractivity contribution in [1.29, 1.82) is 0 Å². The van der Waals surface area contributed by atoms with Crippen molar-refractivity contribution in [2.24, 2.45) is 5.92 Å². The SMILES string of the molecule is Cl.O[C@@H]1CNC[C@H]1N1CC2CCCC21. The van der Waals surface area contributed by atoms with Crippen LogP contribution in [0.5, 0.6) is 0 Å². The Kier molecular flexibility index (Phi) is 3.03. The molecular weight excluding hydrogens is 200 g/mol. The molecule has 0 bridgehead atoms. The first kappa shape index (κ1) is 10.7. The highest BCUT2D eigenvalue weighted by Gasteiger charge is 2.47. The maximum Gasteiger partial charge on any atom is 0.0831 e. The van der Waals surface area contributed by atoms with Crippen LogP contribution in [0.3, 0.4) is 0 Å². The van der Waals surface area contributed by atoms with Crippen molar-refractivity contribution in [2.45, 2.75) is 37.5 Å². The van der Waals surface area contributed by atoms with Gasteiger partial charge in [0.2, 0.25) is 0 Å². The zero-order valence-corrected chi connectivity index (χ0v) is 9.17. The number of fused-ring (bicyclic) bond motifs is 1. The number of aliphatic hydroxyl groups is 1. The molecule has 2 aliphatic heterocycles. The number of aliphatic hydroxyl groups excluding tert-OH is 1. The quantitative estimate of drug-likeness (QED) is 0.662. The van der Waals surface area contributed by atoms with Crippen LogP contribution in [0, 0.1) is 5.92 Å². The minimum absolute atomic E-state index is 0. The predicted molar refractivity (Wildman–Crippen MR) is 57.7 cm³/mol. The largest absolute Gasteiger partial charge is 0.390 e. The number of halogens is 1. The number of nitrogens with one attached hydrogen (secondary N) is 1. The molecule has 2 N–H and O–H groups in total. The first-order valence-electron chi connectivity index (χ1n) is 5.51. The van der Waals surface area contributed by atoms with Gasteiger partial charge in [0.15, 0.2) is 0 Å². The Hall–Kier alpha value is 0.170. The molecule has 0 spiro atoms. The summed E-state index contributed by atoms with van der Waals surface area (Å²) in [6.07, 6.45) is 4.08. The van der Waals surface area contributed by atoms with E-state index in [4.69, 9.17) is 0 Å². The molecule has 3 rings (SSSR count). The summed E-state index contributed by atoms with van der Waals surface area (Å²) in [6, 6.07) is 1.24. The Morgan fingerprint density at radius 1 is 1.14 bits per heavy atom. The molecule has 3 fully saturated rings. The van der Waals surface area contributed by atoms with Crippen molar-refractivity contribution in [3.63, 3.8) is 0 Å². The first-order valence-corrected chi connectivity index (χ1v) is 5.51. The molecule has 3 aliphatic rings. The maximum atomic E-state index is 9.74.